The topological polar surface area (TPSA) is 58.0 Å². The molecular formula is C18H18F2IN6P. The van der Waals surface area contributed by atoms with Crippen LogP contribution in [-0.4, -0.2) is 33.0 Å². The lowest BCUT2D eigenvalue weighted by Gasteiger charge is -2.37. The van der Waals surface area contributed by atoms with Crippen molar-refractivity contribution in [2.75, 3.05) is 21.1 Å². The lowest BCUT2D eigenvalue weighted by atomic mass is 10.0. The highest BCUT2D eigenvalue weighted by molar-refractivity contribution is 14.1. The summed E-state index contributed by atoms with van der Waals surface area (Å²) < 4.78 is 29.6. The van der Waals surface area contributed by atoms with Gasteiger partial charge in [-0.15, -0.1) is 0 Å². The second-order valence-corrected chi connectivity index (χ2v) is 8.78. The summed E-state index contributed by atoms with van der Waals surface area (Å²) in [5, 5.41) is 0.775. The molecule has 6 nitrogen and oxygen atoms in total. The Balaban J connectivity index is 1.72. The molecule has 0 radical (unpaired) electrons. The van der Waals surface area contributed by atoms with Crippen LogP contribution in [-0.2, 0) is 12.2 Å². The normalized spacial score (nSPS) is 15.0. The van der Waals surface area contributed by atoms with Gasteiger partial charge in [-0.1, -0.05) is 22.2 Å². The van der Waals surface area contributed by atoms with Crippen molar-refractivity contribution in [1.29, 1.82) is 0 Å². The third-order valence-electron chi connectivity index (χ3n) is 4.53. The first-order valence-electron chi connectivity index (χ1n) is 8.75. The Morgan fingerprint density at radius 1 is 1.21 bits per heavy atom. The molecule has 0 aliphatic carbocycles. The van der Waals surface area contributed by atoms with E-state index in [1.807, 2.05) is 15.2 Å². The van der Waals surface area contributed by atoms with E-state index in [9.17, 15) is 8.78 Å². The fraction of sp³-hybridized carbons (Fsp3) is 0.333. The molecule has 1 unspecified atom stereocenters. The SMILES string of the molecule is CC1CN(c2nc(N(I)Cc3cccnc3C(F)(F)P)c3cccnc3n2)C1. The van der Waals surface area contributed by atoms with E-state index < -0.39 is 5.66 Å². The Bertz CT molecular complexity index is 1010. The summed E-state index contributed by atoms with van der Waals surface area (Å²) >= 11 is 2.10. The minimum Gasteiger partial charge on any atom is -0.340 e. The minimum atomic E-state index is -3.09. The zero-order chi connectivity index (χ0) is 19.9. The molecular weight excluding hydrogens is 496 g/mol. The van der Waals surface area contributed by atoms with E-state index in [-0.39, 0.29) is 12.2 Å². The standard InChI is InChI=1S/C18H18F2IN6P/c1-11-8-26(9-11)17-24-15-13(5-3-7-23-15)16(25-17)27(21)10-12-4-2-6-22-14(12)18(19,20)28/h2-7,11H,8-10,28H2,1H3. The lowest BCUT2D eigenvalue weighted by Crippen LogP contribution is -2.46. The summed E-state index contributed by atoms with van der Waals surface area (Å²) in [4.78, 5) is 19.6. The molecule has 3 aromatic heterocycles. The van der Waals surface area contributed by atoms with Gasteiger partial charge in [-0.2, -0.15) is 18.7 Å². The van der Waals surface area contributed by atoms with Crippen LogP contribution in [0.4, 0.5) is 20.5 Å². The van der Waals surface area contributed by atoms with E-state index in [1.54, 1.807) is 27.6 Å². The average molecular weight is 514 g/mol. The van der Waals surface area contributed by atoms with E-state index in [4.69, 9.17) is 4.98 Å². The maximum Gasteiger partial charge on any atom is 0.300 e. The van der Waals surface area contributed by atoms with Gasteiger partial charge in [0.05, 0.1) is 34.8 Å². The number of fused-ring (bicyclic) bond motifs is 1. The highest BCUT2D eigenvalue weighted by atomic mass is 127. The Kier molecular flexibility index (Phi) is 5.30. The number of pyridine rings is 2. The predicted molar refractivity (Wildman–Crippen MR) is 117 cm³/mol. The molecule has 1 aliphatic heterocycles. The molecule has 0 amide bonds. The van der Waals surface area contributed by atoms with Crippen molar-refractivity contribution in [3.05, 3.63) is 47.9 Å². The minimum absolute atomic E-state index is 0.227. The van der Waals surface area contributed by atoms with Gasteiger partial charge >= 0.3 is 5.66 Å². The van der Waals surface area contributed by atoms with Gasteiger partial charge in [0.25, 0.3) is 0 Å². The number of hydrogen-bond acceptors (Lipinski definition) is 6. The van der Waals surface area contributed by atoms with E-state index in [1.165, 1.54) is 6.20 Å². The summed E-state index contributed by atoms with van der Waals surface area (Å²) in [5.41, 5.74) is -2.32. The second kappa shape index (κ2) is 7.59. The first kappa shape index (κ1) is 19.6. The molecule has 1 atom stereocenters. The second-order valence-electron chi connectivity index (χ2n) is 6.89. The monoisotopic (exact) mass is 514 g/mol. The van der Waals surface area contributed by atoms with Gasteiger partial charge in [-0.05, 0) is 24.1 Å². The van der Waals surface area contributed by atoms with Crippen LogP contribution < -0.4 is 8.01 Å². The smallest absolute Gasteiger partial charge is 0.300 e. The van der Waals surface area contributed by atoms with E-state index in [2.05, 4.69) is 49.6 Å². The highest BCUT2D eigenvalue weighted by Crippen LogP contribution is 2.37. The Morgan fingerprint density at radius 3 is 2.64 bits per heavy atom. The molecule has 0 N–H and O–H groups in total. The van der Waals surface area contributed by atoms with Crippen molar-refractivity contribution < 1.29 is 8.78 Å². The average Bonchev–Trinajstić information content (AvgIpc) is 2.64. The summed E-state index contributed by atoms with van der Waals surface area (Å²) in [7, 11) is 1.55. The molecule has 0 spiro atoms. The first-order valence-corrected chi connectivity index (χ1v) is 10.3. The fourth-order valence-electron chi connectivity index (χ4n) is 3.21. The Hall–Kier alpha value is -1.74. The summed E-state index contributed by atoms with van der Waals surface area (Å²) in [6.45, 7) is 4.19. The molecule has 1 aliphatic rings. The van der Waals surface area contributed by atoms with E-state index >= 15 is 0 Å². The summed E-state index contributed by atoms with van der Waals surface area (Å²) in [5.74, 6) is 1.86. The molecule has 3 aromatic rings. The third-order valence-corrected chi connectivity index (χ3v) is 5.60. The van der Waals surface area contributed by atoms with Crippen molar-refractivity contribution >= 4 is 54.9 Å². The van der Waals surface area contributed by atoms with Gasteiger partial charge < -0.3 is 4.90 Å². The fourth-order valence-corrected chi connectivity index (χ4v) is 4.21. The number of alkyl halides is 2. The van der Waals surface area contributed by atoms with Crippen molar-refractivity contribution in [1.82, 2.24) is 19.9 Å². The number of anilines is 2. The molecule has 146 valence electrons. The van der Waals surface area contributed by atoms with Crippen molar-refractivity contribution in [3.8, 4) is 0 Å². The third kappa shape index (κ3) is 3.87. The molecule has 28 heavy (non-hydrogen) atoms. The molecule has 10 heteroatoms. The summed E-state index contributed by atoms with van der Waals surface area (Å²) in [6.07, 6.45) is 3.06. The summed E-state index contributed by atoms with van der Waals surface area (Å²) in [6, 6.07) is 7.02. The maximum atomic E-state index is 13.9. The maximum absolute atomic E-state index is 13.9. The number of aromatic nitrogens is 4. The molecule has 0 bridgehead atoms. The van der Waals surface area contributed by atoms with E-state index in [0.717, 1.165) is 18.5 Å². The number of rotatable bonds is 5. The largest absolute Gasteiger partial charge is 0.340 e. The van der Waals surface area contributed by atoms with Gasteiger partial charge in [0.1, 0.15) is 5.69 Å². The van der Waals surface area contributed by atoms with Crippen molar-refractivity contribution in [2.24, 2.45) is 5.92 Å². The van der Waals surface area contributed by atoms with Crippen LogP contribution in [0.5, 0.6) is 0 Å². The Morgan fingerprint density at radius 2 is 1.93 bits per heavy atom. The predicted octanol–water partition coefficient (Wildman–Crippen LogP) is 4.16. The van der Waals surface area contributed by atoms with E-state index in [0.29, 0.717) is 28.9 Å². The highest BCUT2D eigenvalue weighted by Gasteiger charge is 2.31. The van der Waals surface area contributed by atoms with Gasteiger partial charge in [0.15, 0.2) is 11.5 Å². The lowest BCUT2D eigenvalue weighted by molar-refractivity contribution is 0.0975. The van der Waals surface area contributed by atoms with Crippen LogP contribution in [0, 0.1) is 5.92 Å². The van der Waals surface area contributed by atoms with Gasteiger partial charge in [0, 0.05) is 31.0 Å². The molecule has 4 heterocycles. The van der Waals surface area contributed by atoms with Gasteiger partial charge in [0.2, 0.25) is 5.95 Å². The molecule has 0 saturated carbocycles. The number of halogens is 3. The number of hydrogen-bond donors (Lipinski definition) is 0. The Labute approximate surface area is 177 Å². The zero-order valence-corrected chi connectivity index (χ0v) is 18.4. The van der Waals surface area contributed by atoms with Gasteiger partial charge in [-0.25, -0.2) is 4.98 Å². The van der Waals surface area contributed by atoms with Crippen LogP contribution in [0.2, 0.25) is 0 Å². The number of nitrogens with zero attached hydrogens (tertiary/aromatic N) is 6. The van der Waals surface area contributed by atoms with Crippen LogP contribution >= 0.6 is 32.1 Å². The van der Waals surface area contributed by atoms with Crippen LogP contribution in [0.25, 0.3) is 11.0 Å². The van der Waals surface area contributed by atoms with Crippen LogP contribution in [0.15, 0.2) is 36.7 Å². The molecule has 0 aromatic carbocycles. The molecule has 1 fully saturated rings. The zero-order valence-electron chi connectivity index (χ0n) is 15.1. The van der Waals surface area contributed by atoms with Crippen molar-refractivity contribution in [3.63, 3.8) is 0 Å². The molecule has 4 rings (SSSR count). The first-order chi connectivity index (χ1) is 13.3. The quantitative estimate of drug-likeness (QED) is 0.290. The van der Waals surface area contributed by atoms with Crippen molar-refractivity contribution in [2.45, 2.75) is 19.1 Å². The molecule has 1 saturated heterocycles. The van der Waals surface area contributed by atoms with Crippen LogP contribution in [0.1, 0.15) is 18.2 Å². The van der Waals surface area contributed by atoms with Gasteiger partial charge in [-0.3, -0.25) is 8.10 Å². The van der Waals surface area contributed by atoms with Crippen LogP contribution in [0.3, 0.4) is 0 Å².